The molecule has 1 atom stereocenters. The van der Waals surface area contributed by atoms with E-state index in [4.69, 9.17) is 23.1 Å². The number of nitrogen functional groups attached to an aromatic ring is 1. The highest BCUT2D eigenvalue weighted by Gasteiger charge is 2.41. The number of likely N-dealkylation sites (tertiary alicyclic amines) is 1. The molecule has 1 fully saturated rings. The number of rotatable bonds is 2. The van der Waals surface area contributed by atoms with Crippen LogP contribution in [0, 0.1) is 5.41 Å². The molecule has 19 heavy (non-hydrogen) atoms. The largest absolute Gasteiger partial charge is 0.399 e. The van der Waals surface area contributed by atoms with Crippen LogP contribution in [-0.2, 0) is 4.79 Å². The Hall–Kier alpha value is -1.75. The van der Waals surface area contributed by atoms with Gasteiger partial charge in [0.05, 0.1) is 16.0 Å². The van der Waals surface area contributed by atoms with Gasteiger partial charge in [-0.15, -0.1) is 0 Å². The zero-order valence-corrected chi connectivity index (χ0v) is 11.4. The van der Waals surface area contributed by atoms with Crippen LogP contribution < -0.4 is 11.5 Å². The van der Waals surface area contributed by atoms with E-state index >= 15 is 0 Å². The Balaban J connectivity index is 2.22. The summed E-state index contributed by atoms with van der Waals surface area (Å²) < 4.78 is 0. The summed E-state index contributed by atoms with van der Waals surface area (Å²) in [5.41, 5.74) is 11.2. The zero-order chi connectivity index (χ0) is 14.2. The average molecular weight is 282 g/mol. The van der Waals surface area contributed by atoms with Crippen LogP contribution in [0.3, 0.4) is 0 Å². The fraction of sp³-hybridized carbons (Fsp3) is 0.385. The molecule has 1 aromatic carbocycles. The lowest BCUT2D eigenvalue weighted by Gasteiger charge is -2.21. The minimum atomic E-state index is -0.664. The van der Waals surface area contributed by atoms with Gasteiger partial charge in [0, 0.05) is 18.8 Å². The van der Waals surface area contributed by atoms with Crippen molar-refractivity contribution < 1.29 is 9.59 Å². The number of carbonyl (C=O) groups is 2. The van der Waals surface area contributed by atoms with Crippen molar-refractivity contribution in [1.29, 1.82) is 0 Å². The molecule has 1 unspecified atom stereocenters. The van der Waals surface area contributed by atoms with Crippen molar-refractivity contribution in [3.63, 3.8) is 0 Å². The second-order valence-corrected chi connectivity index (χ2v) is 5.55. The lowest BCUT2D eigenvalue weighted by molar-refractivity contribution is -0.126. The predicted molar refractivity (Wildman–Crippen MR) is 73.7 cm³/mol. The maximum atomic E-state index is 12.4. The van der Waals surface area contributed by atoms with Gasteiger partial charge in [0.2, 0.25) is 5.91 Å². The molecular formula is C13H16ClN3O2. The van der Waals surface area contributed by atoms with Gasteiger partial charge in [-0.05, 0) is 31.5 Å². The first-order valence-corrected chi connectivity index (χ1v) is 6.35. The summed E-state index contributed by atoms with van der Waals surface area (Å²) in [7, 11) is 0. The third-order valence-electron chi connectivity index (χ3n) is 3.58. The summed E-state index contributed by atoms with van der Waals surface area (Å²) >= 11 is 6.01. The van der Waals surface area contributed by atoms with Crippen molar-refractivity contribution in [3.05, 3.63) is 28.8 Å². The monoisotopic (exact) mass is 281 g/mol. The first-order valence-electron chi connectivity index (χ1n) is 5.98. The van der Waals surface area contributed by atoms with Gasteiger partial charge in [0.15, 0.2) is 0 Å². The lowest BCUT2D eigenvalue weighted by atomic mass is 9.89. The molecule has 1 aliphatic heterocycles. The third-order valence-corrected chi connectivity index (χ3v) is 3.91. The minimum Gasteiger partial charge on any atom is -0.399 e. The topological polar surface area (TPSA) is 89.4 Å². The van der Waals surface area contributed by atoms with Gasteiger partial charge in [0.1, 0.15) is 0 Å². The van der Waals surface area contributed by atoms with Crippen LogP contribution in [0.4, 0.5) is 5.69 Å². The molecule has 0 spiro atoms. The first kappa shape index (κ1) is 13.7. The van der Waals surface area contributed by atoms with Crippen molar-refractivity contribution in [1.82, 2.24) is 4.90 Å². The van der Waals surface area contributed by atoms with Crippen molar-refractivity contribution >= 4 is 29.1 Å². The molecule has 0 bridgehead atoms. The molecule has 0 saturated carbocycles. The number of anilines is 1. The maximum absolute atomic E-state index is 12.4. The van der Waals surface area contributed by atoms with Gasteiger partial charge in [-0.2, -0.15) is 0 Å². The van der Waals surface area contributed by atoms with Crippen molar-refractivity contribution in [2.75, 3.05) is 18.8 Å². The van der Waals surface area contributed by atoms with E-state index in [0.717, 1.165) is 0 Å². The van der Waals surface area contributed by atoms with Gasteiger partial charge < -0.3 is 16.4 Å². The van der Waals surface area contributed by atoms with Crippen LogP contribution in [0.15, 0.2) is 18.2 Å². The van der Waals surface area contributed by atoms with E-state index < -0.39 is 5.41 Å². The second kappa shape index (κ2) is 4.74. The number of amides is 2. The SMILES string of the molecule is CC1(C(N)=O)CCN(C(=O)c2cc(N)ccc2Cl)C1. The van der Waals surface area contributed by atoms with Crippen molar-refractivity contribution in [2.45, 2.75) is 13.3 Å². The molecule has 2 rings (SSSR count). The Morgan fingerprint density at radius 2 is 2.11 bits per heavy atom. The molecule has 0 aromatic heterocycles. The Labute approximate surface area is 116 Å². The molecule has 1 saturated heterocycles. The number of hydrogen-bond acceptors (Lipinski definition) is 3. The number of primary amides is 1. The number of nitrogens with zero attached hydrogens (tertiary/aromatic N) is 1. The average Bonchev–Trinajstić information content (AvgIpc) is 2.76. The van der Waals surface area contributed by atoms with Crippen LogP contribution in [0.2, 0.25) is 5.02 Å². The molecule has 1 aromatic rings. The summed E-state index contributed by atoms with van der Waals surface area (Å²) in [5.74, 6) is -0.608. The van der Waals surface area contributed by atoms with E-state index in [1.807, 2.05) is 0 Å². The summed E-state index contributed by atoms with van der Waals surface area (Å²) in [6.45, 7) is 2.57. The number of halogens is 1. The van der Waals surface area contributed by atoms with Gasteiger partial charge in [-0.25, -0.2) is 0 Å². The molecule has 0 radical (unpaired) electrons. The van der Waals surface area contributed by atoms with E-state index in [1.54, 1.807) is 30.0 Å². The Bertz CT molecular complexity index is 547. The molecule has 5 nitrogen and oxygen atoms in total. The fourth-order valence-corrected chi connectivity index (χ4v) is 2.41. The van der Waals surface area contributed by atoms with E-state index in [9.17, 15) is 9.59 Å². The normalized spacial score (nSPS) is 22.5. The minimum absolute atomic E-state index is 0.220. The highest BCUT2D eigenvalue weighted by Crippen LogP contribution is 2.31. The van der Waals surface area contributed by atoms with Crippen LogP contribution in [0.1, 0.15) is 23.7 Å². The Morgan fingerprint density at radius 1 is 1.42 bits per heavy atom. The van der Waals surface area contributed by atoms with E-state index in [2.05, 4.69) is 0 Å². The van der Waals surface area contributed by atoms with Crippen molar-refractivity contribution in [2.24, 2.45) is 11.1 Å². The highest BCUT2D eigenvalue weighted by molar-refractivity contribution is 6.34. The van der Waals surface area contributed by atoms with Gasteiger partial charge in [0.25, 0.3) is 5.91 Å². The number of hydrogen-bond donors (Lipinski definition) is 2. The molecule has 1 aliphatic rings. The van der Waals surface area contributed by atoms with Crippen molar-refractivity contribution in [3.8, 4) is 0 Å². The number of carbonyl (C=O) groups excluding carboxylic acids is 2. The lowest BCUT2D eigenvalue weighted by Crippen LogP contribution is -2.38. The smallest absolute Gasteiger partial charge is 0.255 e. The number of benzene rings is 1. The van der Waals surface area contributed by atoms with Gasteiger partial charge in [-0.3, -0.25) is 9.59 Å². The van der Waals surface area contributed by atoms with E-state index in [-0.39, 0.29) is 11.8 Å². The predicted octanol–water partition coefficient (Wildman–Crippen LogP) is 1.26. The molecular weight excluding hydrogens is 266 g/mol. The van der Waals surface area contributed by atoms with Crippen LogP contribution in [0.25, 0.3) is 0 Å². The summed E-state index contributed by atoms with van der Waals surface area (Å²) in [6, 6.07) is 4.77. The molecule has 1 heterocycles. The molecule has 0 aliphatic carbocycles. The molecule has 102 valence electrons. The maximum Gasteiger partial charge on any atom is 0.255 e. The second-order valence-electron chi connectivity index (χ2n) is 5.14. The molecule has 2 amide bonds. The van der Waals surface area contributed by atoms with Crippen LogP contribution in [-0.4, -0.2) is 29.8 Å². The Morgan fingerprint density at radius 3 is 2.68 bits per heavy atom. The Kier molecular flexibility index (Phi) is 3.41. The zero-order valence-electron chi connectivity index (χ0n) is 10.6. The van der Waals surface area contributed by atoms with Gasteiger partial charge in [-0.1, -0.05) is 11.6 Å². The number of nitrogens with two attached hydrogens (primary N) is 2. The molecule has 4 N–H and O–H groups in total. The first-order chi connectivity index (χ1) is 8.83. The molecule has 6 heteroatoms. The van der Waals surface area contributed by atoms with Gasteiger partial charge >= 0.3 is 0 Å². The summed E-state index contributed by atoms with van der Waals surface area (Å²) in [4.78, 5) is 25.3. The third kappa shape index (κ3) is 2.51. The van der Waals surface area contributed by atoms with E-state index in [0.29, 0.717) is 35.8 Å². The summed E-state index contributed by atoms with van der Waals surface area (Å²) in [6.07, 6.45) is 0.564. The van der Waals surface area contributed by atoms with Crippen LogP contribution >= 0.6 is 11.6 Å². The standard InChI is InChI=1S/C13H16ClN3O2/c1-13(12(16)19)4-5-17(7-13)11(18)9-6-8(15)2-3-10(9)14/h2-3,6H,4-5,7,15H2,1H3,(H2,16,19). The van der Waals surface area contributed by atoms with E-state index in [1.165, 1.54) is 0 Å². The summed E-state index contributed by atoms with van der Waals surface area (Å²) in [5, 5.41) is 0.354. The fourth-order valence-electron chi connectivity index (χ4n) is 2.21. The quantitative estimate of drug-likeness (QED) is 0.800. The van der Waals surface area contributed by atoms with Crippen LogP contribution in [0.5, 0.6) is 0 Å². The highest BCUT2D eigenvalue weighted by atomic mass is 35.5.